The predicted octanol–water partition coefficient (Wildman–Crippen LogP) is 2.91. The number of nitrogens with one attached hydrogen (secondary N) is 3. The Morgan fingerprint density at radius 1 is 1.11 bits per heavy atom. The minimum atomic E-state index is -4.88. The third-order valence-electron chi connectivity index (χ3n) is 3.18. The molecule has 0 saturated carbocycles. The summed E-state index contributed by atoms with van der Waals surface area (Å²) in [5.41, 5.74) is -1.75. The van der Waals surface area contributed by atoms with E-state index in [0.717, 1.165) is 6.07 Å². The number of aromatic nitrogens is 3. The molecule has 0 aliphatic heterocycles. The second-order valence-electron chi connectivity index (χ2n) is 5.13. The van der Waals surface area contributed by atoms with E-state index in [9.17, 15) is 27.2 Å². The lowest BCUT2D eigenvalue weighted by Crippen LogP contribution is -2.14. The first-order valence-corrected chi connectivity index (χ1v) is 7.20. The largest absolute Gasteiger partial charge is 0.419 e. The number of pyridine rings is 1. The maximum absolute atomic E-state index is 13.3. The van der Waals surface area contributed by atoms with Crippen molar-refractivity contribution in [2.24, 2.45) is 0 Å². The lowest BCUT2D eigenvalue weighted by molar-refractivity contribution is -0.139. The average molecular weight is 383 g/mol. The monoisotopic (exact) mass is 383 g/mol. The van der Waals surface area contributed by atoms with Crippen molar-refractivity contribution in [2.45, 2.75) is 6.18 Å². The lowest BCUT2D eigenvalue weighted by Gasteiger charge is -2.09. The molecule has 0 saturated heterocycles. The number of aromatic amines is 1. The standard InChI is InChI=1S/C15H9F4N5O3/c16-10-3-1-7(5-9(10)15(17,18)19)22-14-24-23-13(27-14)12(26)21-8-2-4-11(25)20-6-8/h1-6H,(H,20,25)(H,21,26)(H,22,24). The summed E-state index contributed by atoms with van der Waals surface area (Å²) in [4.78, 5) is 25.3. The number of halogens is 4. The van der Waals surface area contributed by atoms with Gasteiger partial charge in [0.2, 0.25) is 5.56 Å². The van der Waals surface area contributed by atoms with Crippen molar-refractivity contribution >= 4 is 23.3 Å². The van der Waals surface area contributed by atoms with Gasteiger partial charge in [-0.25, -0.2) is 4.39 Å². The molecule has 2 heterocycles. The van der Waals surface area contributed by atoms with Gasteiger partial charge in [0.25, 0.3) is 0 Å². The Hall–Kier alpha value is -3.70. The van der Waals surface area contributed by atoms with E-state index < -0.39 is 29.4 Å². The number of carbonyl (C=O) groups is 1. The van der Waals surface area contributed by atoms with Crippen molar-refractivity contribution < 1.29 is 26.8 Å². The molecular weight excluding hydrogens is 374 g/mol. The molecule has 0 fully saturated rings. The third-order valence-corrected chi connectivity index (χ3v) is 3.18. The zero-order valence-corrected chi connectivity index (χ0v) is 13.1. The molecule has 0 aliphatic rings. The van der Waals surface area contributed by atoms with Gasteiger partial charge in [0.15, 0.2) is 0 Å². The fraction of sp³-hybridized carbons (Fsp3) is 0.0667. The van der Waals surface area contributed by atoms with Crippen LogP contribution in [0.1, 0.15) is 16.2 Å². The number of H-pyrrole nitrogens is 1. The third kappa shape index (κ3) is 4.29. The normalized spacial score (nSPS) is 11.3. The summed E-state index contributed by atoms with van der Waals surface area (Å²) in [5, 5.41) is 11.7. The minimum Gasteiger partial charge on any atom is -0.399 e. The topological polar surface area (TPSA) is 113 Å². The van der Waals surface area contributed by atoms with Crippen LogP contribution in [-0.4, -0.2) is 21.1 Å². The summed E-state index contributed by atoms with van der Waals surface area (Å²) >= 11 is 0. The lowest BCUT2D eigenvalue weighted by atomic mass is 10.2. The highest BCUT2D eigenvalue weighted by atomic mass is 19.4. The molecule has 140 valence electrons. The van der Waals surface area contributed by atoms with Crippen LogP contribution in [-0.2, 0) is 6.18 Å². The van der Waals surface area contributed by atoms with Crippen LogP contribution in [0, 0.1) is 5.82 Å². The molecule has 0 atom stereocenters. The van der Waals surface area contributed by atoms with Crippen LogP contribution in [0.2, 0.25) is 0 Å². The van der Waals surface area contributed by atoms with Gasteiger partial charge in [-0.15, -0.1) is 5.10 Å². The van der Waals surface area contributed by atoms with Crippen molar-refractivity contribution in [3.63, 3.8) is 0 Å². The highest BCUT2D eigenvalue weighted by Gasteiger charge is 2.34. The Morgan fingerprint density at radius 3 is 2.52 bits per heavy atom. The van der Waals surface area contributed by atoms with Gasteiger partial charge in [-0.05, 0) is 24.3 Å². The second-order valence-corrected chi connectivity index (χ2v) is 5.13. The van der Waals surface area contributed by atoms with E-state index in [0.29, 0.717) is 12.1 Å². The van der Waals surface area contributed by atoms with E-state index in [1.54, 1.807) is 0 Å². The molecule has 1 aromatic carbocycles. The second kappa shape index (κ2) is 6.90. The Kier molecular flexibility index (Phi) is 4.62. The fourth-order valence-corrected chi connectivity index (χ4v) is 1.98. The number of amides is 1. The molecule has 0 spiro atoms. The number of hydrogen-bond acceptors (Lipinski definition) is 6. The quantitative estimate of drug-likeness (QED) is 0.597. The maximum atomic E-state index is 13.3. The van der Waals surface area contributed by atoms with E-state index in [4.69, 9.17) is 4.42 Å². The van der Waals surface area contributed by atoms with E-state index >= 15 is 0 Å². The predicted molar refractivity (Wildman–Crippen MR) is 84.0 cm³/mol. The van der Waals surface area contributed by atoms with E-state index in [-0.39, 0.29) is 22.9 Å². The highest BCUT2D eigenvalue weighted by Crippen LogP contribution is 2.33. The first-order valence-electron chi connectivity index (χ1n) is 7.20. The van der Waals surface area contributed by atoms with E-state index in [1.165, 1.54) is 18.3 Å². The van der Waals surface area contributed by atoms with Crippen LogP contribution >= 0.6 is 0 Å². The van der Waals surface area contributed by atoms with Crippen LogP contribution in [0.25, 0.3) is 0 Å². The summed E-state index contributed by atoms with van der Waals surface area (Å²) in [6, 6.07) is 4.34. The number of carbonyl (C=O) groups excluding carboxylic acids is 1. The van der Waals surface area contributed by atoms with Crippen LogP contribution in [0.15, 0.2) is 45.7 Å². The molecule has 8 nitrogen and oxygen atoms in total. The van der Waals surface area contributed by atoms with Crippen LogP contribution < -0.4 is 16.2 Å². The molecular formula is C15H9F4N5O3. The smallest absolute Gasteiger partial charge is 0.399 e. The van der Waals surface area contributed by atoms with Crippen molar-refractivity contribution in [1.29, 1.82) is 0 Å². The summed E-state index contributed by atoms with van der Waals surface area (Å²) < 4.78 is 56.4. The molecule has 27 heavy (non-hydrogen) atoms. The number of alkyl halides is 3. The summed E-state index contributed by atoms with van der Waals surface area (Å²) in [7, 11) is 0. The zero-order chi connectivity index (χ0) is 19.6. The van der Waals surface area contributed by atoms with Crippen LogP contribution in [0.3, 0.4) is 0 Å². The van der Waals surface area contributed by atoms with Crippen LogP contribution in [0.4, 0.5) is 35.0 Å². The van der Waals surface area contributed by atoms with Gasteiger partial charge in [-0.2, -0.15) is 13.2 Å². The molecule has 1 amide bonds. The van der Waals surface area contributed by atoms with Crippen molar-refractivity contribution in [3.8, 4) is 0 Å². The Balaban J connectivity index is 1.73. The minimum absolute atomic E-state index is 0.167. The summed E-state index contributed by atoms with van der Waals surface area (Å²) in [5.74, 6) is -2.72. The van der Waals surface area contributed by atoms with Gasteiger partial charge < -0.3 is 20.0 Å². The molecule has 3 rings (SSSR count). The van der Waals surface area contributed by atoms with E-state index in [2.05, 4.69) is 25.8 Å². The van der Waals surface area contributed by atoms with Crippen molar-refractivity contribution in [2.75, 3.05) is 10.6 Å². The molecule has 2 aromatic heterocycles. The fourth-order valence-electron chi connectivity index (χ4n) is 1.98. The van der Waals surface area contributed by atoms with Gasteiger partial charge >= 0.3 is 24.0 Å². The first kappa shape index (κ1) is 18.1. The molecule has 0 unspecified atom stereocenters. The summed E-state index contributed by atoms with van der Waals surface area (Å²) in [6.07, 6.45) is -3.63. The number of nitrogens with zero attached hydrogens (tertiary/aromatic N) is 2. The van der Waals surface area contributed by atoms with Crippen LogP contribution in [0.5, 0.6) is 0 Å². The highest BCUT2D eigenvalue weighted by molar-refractivity contribution is 6.00. The number of rotatable bonds is 4. The number of hydrogen-bond donors (Lipinski definition) is 3. The van der Waals surface area contributed by atoms with Crippen molar-refractivity contribution in [3.05, 3.63) is 64.2 Å². The zero-order valence-electron chi connectivity index (χ0n) is 13.1. The SMILES string of the molecule is O=C(Nc1ccc(=O)[nH]c1)c1nnc(Nc2ccc(F)c(C(F)(F)F)c2)o1. The van der Waals surface area contributed by atoms with Gasteiger partial charge in [-0.3, -0.25) is 9.59 Å². The number of anilines is 3. The maximum Gasteiger partial charge on any atom is 0.419 e. The molecule has 3 aromatic rings. The van der Waals surface area contributed by atoms with Gasteiger partial charge in [0, 0.05) is 18.0 Å². The first-order chi connectivity index (χ1) is 12.7. The van der Waals surface area contributed by atoms with Gasteiger partial charge in [-0.1, -0.05) is 5.10 Å². The molecule has 0 aliphatic carbocycles. The Bertz CT molecular complexity index is 1020. The number of benzene rings is 1. The summed E-state index contributed by atoms with van der Waals surface area (Å²) in [6.45, 7) is 0. The Morgan fingerprint density at radius 2 is 1.85 bits per heavy atom. The average Bonchev–Trinajstić information content (AvgIpc) is 3.06. The molecule has 0 radical (unpaired) electrons. The van der Waals surface area contributed by atoms with Crippen molar-refractivity contribution in [1.82, 2.24) is 15.2 Å². The molecule has 0 bridgehead atoms. The van der Waals surface area contributed by atoms with E-state index in [1.807, 2.05) is 0 Å². The van der Waals surface area contributed by atoms with Gasteiger partial charge in [0.05, 0.1) is 11.3 Å². The molecule has 12 heteroatoms. The Labute approximate surface area is 147 Å². The molecule has 3 N–H and O–H groups in total. The van der Waals surface area contributed by atoms with Gasteiger partial charge in [0.1, 0.15) is 5.82 Å².